The van der Waals surface area contributed by atoms with Crippen LogP contribution >= 0.6 is 11.3 Å². The third-order valence-electron chi connectivity index (χ3n) is 5.11. The Hall–Kier alpha value is -3.08. The Kier molecular flexibility index (Phi) is 4.81. The fourth-order valence-corrected chi connectivity index (χ4v) is 4.29. The lowest BCUT2D eigenvalue weighted by Crippen LogP contribution is -2.24. The van der Waals surface area contributed by atoms with Gasteiger partial charge < -0.3 is 0 Å². The monoisotopic (exact) mass is 420 g/mol. The molecule has 1 saturated heterocycles. The van der Waals surface area contributed by atoms with Crippen molar-refractivity contribution in [2.45, 2.75) is 18.9 Å². The van der Waals surface area contributed by atoms with Crippen molar-refractivity contribution in [3.8, 4) is 17.5 Å². The van der Waals surface area contributed by atoms with Gasteiger partial charge >= 0.3 is 0 Å². The molecule has 4 aromatic rings. The molecule has 1 aliphatic heterocycles. The number of likely N-dealkylation sites (tertiary alicyclic amines) is 1. The molecule has 4 nitrogen and oxygen atoms in total. The molecule has 0 bridgehead atoms. The maximum Gasteiger partial charge on any atom is 0.261 e. The number of alkyl halides is 2. The Morgan fingerprint density at radius 1 is 1.13 bits per heavy atom. The summed E-state index contributed by atoms with van der Waals surface area (Å²) in [4.78, 5) is 6.10. The van der Waals surface area contributed by atoms with E-state index in [0.29, 0.717) is 18.8 Å². The minimum Gasteiger partial charge on any atom is -0.293 e. The molecule has 0 amide bonds. The molecule has 1 aliphatic rings. The lowest BCUT2D eigenvalue weighted by molar-refractivity contribution is 0.0115. The highest BCUT2D eigenvalue weighted by atomic mass is 32.1. The first-order valence-corrected chi connectivity index (χ1v) is 10.6. The molecule has 30 heavy (non-hydrogen) atoms. The Balaban J connectivity index is 1.49. The number of hydrogen-bond donors (Lipinski definition) is 0. The van der Waals surface area contributed by atoms with Crippen LogP contribution in [0.1, 0.15) is 23.2 Å². The summed E-state index contributed by atoms with van der Waals surface area (Å²) in [7, 11) is 0. The molecule has 0 atom stereocenters. The van der Waals surface area contributed by atoms with Crippen molar-refractivity contribution in [2.75, 3.05) is 13.1 Å². The van der Waals surface area contributed by atoms with Gasteiger partial charge in [0.25, 0.3) is 5.92 Å². The number of nitrogens with zero attached hydrogens (tertiary/aromatic N) is 4. The number of para-hydroxylation sites is 1. The van der Waals surface area contributed by atoms with E-state index in [1.807, 2.05) is 51.8 Å². The summed E-state index contributed by atoms with van der Waals surface area (Å²) in [6.07, 6.45) is 3.37. The lowest BCUT2D eigenvalue weighted by Gasteiger charge is -2.15. The van der Waals surface area contributed by atoms with Crippen LogP contribution in [0.25, 0.3) is 16.6 Å². The molecule has 0 unspecified atom stereocenters. The van der Waals surface area contributed by atoms with Crippen LogP contribution in [0, 0.1) is 11.8 Å². The number of fused-ring (bicyclic) bond motifs is 1. The van der Waals surface area contributed by atoms with E-state index in [1.54, 1.807) is 28.6 Å². The van der Waals surface area contributed by atoms with Gasteiger partial charge in [-0.15, -0.1) is 0 Å². The summed E-state index contributed by atoms with van der Waals surface area (Å²) in [5.41, 5.74) is 4.26. The Labute approximate surface area is 176 Å². The van der Waals surface area contributed by atoms with Crippen molar-refractivity contribution in [1.82, 2.24) is 19.7 Å². The van der Waals surface area contributed by atoms with E-state index in [1.165, 1.54) is 0 Å². The molecule has 7 heteroatoms. The zero-order valence-electron chi connectivity index (χ0n) is 16.1. The Morgan fingerprint density at radius 2 is 2.03 bits per heavy atom. The molecule has 4 heterocycles. The van der Waals surface area contributed by atoms with E-state index in [-0.39, 0.29) is 13.0 Å². The highest BCUT2D eigenvalue weighted by Crippen LogP contribution is 2.28. The Morgan fingerprint density at radius 3 is 2.83 bits per heavy atom. The van der Waals surface area contributed by atoms with Gasteiger partial charge in [0, 0.05) is 42.0 Å². The maximum atomic E-state index is 13.5. The van der Waals surface area contributed by atoms with E-state index in [9.17, 15) is 8.78 Å². The van der Waals surface area contributed by atoms with Crippen molar-refractivity contribution < 1.29 is 8.78 Å². The number of rotatable bonds is 3. The van der Waals surface area contributed by atoms with Gasteiger partial charge in [-0.25, -0.2) is 13.5 Å². The summed E-state index contributed by atoms with van der Waals surface area (Å²) in [5, 5.41) is 9.69. The van der Waals surface area contributed by atoms with Gasteiger partial charge in [-0.05, 0) is 41.1 Å². The zero-order chi connectivity index (χ0) is 20.6. The van der Waals surface area contributed by atoms with Crippen LogP contribution in [0.2, 0.25) is 0 Å². The van der Waals surface area contributed by atoms with Gasteiger partial charge in [-0.3, -0.25) is 9.88 Å². The second-order valence-electron chi connectivity index (χ2n) is 7.41. The number of thiophene rings is 1. The smallest absolute Gasteiger partial charge is 0.261 e. The first kappa shape index (κ1) is 18.9. The van der Waals surface area contributed by atoms with Crippen molar-refractivity contribution in [3.63, 3.8) is 0 Å². The van der Waals surface area contributed by atoms with Crippen LogP contribution in [-0.2, 0) is 6.54 Å². The number of pyridine rings is 1. The van der Waals surface area contributed by atoms with E-state index >= 15 is 0 Å². The van der Waals surface area contributed by atoms with Crippen LogP contribution in [0.4, 0.5) is 8.78 Å². The predicted molar refractivity (Wildman–Crippen MR) is 114 cm³/mol. The molecule has 3 aromatic heterocycles. The van der Waals surface area contributed by atoms with Gasteiger partial charge in [0.2, 0.25) is 0 Å². The third kappa shape index (κ3) is 3.84. The van der Waals surface area contributed by atoms with Crippen molar-refractivity contribution in [1.29, 1.82) is 0 Å². The number of halogens is 2. The number of benzene rings is 1. The summed E-state index contributed by atoms with van der Waals surface area (Å²) in [6.45, 7) is 0.634. The summed E-state index contributed by atoms with van der Waals surface area (Å²) in [6, 6.07) is 11.9. The van der Waals surface area contributed by atoms with Crippen LogP contribution in [0.15, 0.2) is 59.6 Å². The first-order valence-electron chi connectivity index (χ1n) is 9.64. The average Bonchev–Trinajstić information content (AvgIpc) is 3.46. The average molecular weight is 420 g/mol. The van der Waals surface area contributed by atoms with Gasteiger partial charge in [0.1, 0.15) is 5.69 Å². The highest BCUT2D eigenvalue weighted by Gasteiger charge is 2.37. The van der Waals surface area contributed by atoms with Crippen molar-refractivity contribution >= 4 is 22.2 Å². The van der Waals surface area contributed by atoms with Crippen LogP contribution in [0.3, 0.4) is 0 Å². The highest BCUT2D eigenvalue weighted by molar-refractivity contribution is 7.08. The summed E-state index contributed by atoms with van der Waals surface area (Å²) in [5.74, 6) is 3.73. The first-order chi connectivity index (χ1) is 14.6. The molecule has 0 radical (unpaired) electrons. The molecular weight excluding hydrogens is 402 g/mol. The molecule has 1 fully saturated rings. The SMILES string of the molecule is FC1(F)CCN(Cc2cncc(-n3nc(C#Cc4ccsc4)c4ccccc43)c2)C1. The molecular formula is C23H18F2N4S. The molecule has 1 aromatic carbocycles. The van der Waals surface area contributed by atoms with Crippen molar-refractivity contribution in [2.24, 2.45) is 0 Å². The molecule has 150 valence electrons. The van der Waals surface area contributed by atoms with Gasteiger partial charge in [0.05, 0.1) is 23.9 Å². The fraction of sp³-hybridized carbons (Fsp3) is 0.217. The van der Waals surface area contributed by atoms with Gasteiger partial charge in [-0.2, -0.15) is 16.4 Å². The second-order valence-corrected chi connectivity index (χ2v) is 8.19. The zero-order valence-corrected chi connectivity index (χ0v) is 16.9. The molecule has 0 saturated carbocycles. The topological polar surface area (TPSA) is 34.0 Å². The van der Waals surface area contributed by atoms with Crippen LogP contribution in [0.5, 0.6) is 0 Å². The molecule has 0 aliphatic carbocycles. The number of aromatic nitrogens is 3. The third-order valence-corrected chi connectivity index (χ3v) is 5.80. The van der Waals surface area contributed by atoms with Gasteiger partial charge in [0.15, 0.2) is 0 Å². The van der Waals surface area contributed by atoms with Crippen molar-refractivity contribution in [3.05, 3.63) is 76.4 Å². The predicted octanol–water partition coefficient (Wildman–Crippen LogP) is 4.72. The molecule has 0 N–H and O–H groups in total. The number of hydrogen-bond acceptors (Lipinski definition) is 4. The summed E-state index contributed by atoms with van der Waals surface area (Å²) >= 11 is 1.61. The largest absolute Gasteiger partial charge is 0.293 e. The van der Waals surface area contributed by atoms with E-state index in [4.69, 9.17) is 5.10 Å². The lowest BCUT2D eigenvalue weighted by atomic mass is 10.2. The molecule has 5 rings (SSSR count). The van der Waals surface area contributed by atoms with E-state index in [0.717, 1.165) is 27.7 Å². The quantitative estimate of drug-likeness (QED) is 0.450. The minimum atomic E-state index is -2.60. The van der Waals surface area contributed by atoms with Crippen LogP contribution < -0.4 is 0 Å². The summed E-state index contributed by atoms with van der Waals surface area (Å²) < 4.78 is 28.8. The van der Waals surface area contributed by atoms with E-state index < -0.39 is 5.92 Å². The normalized spacial score (nSPS) is 15.9. The minimum absolute atomic E-state index is 0.0872. The van der Waals surface area contributed by atoms with Crippen LogP contribution in [-0.4, -0.2) is 38.7 Å². The van der Waals surface area contributed by atoms with Gasteiger partial charge in [-0.1, -0.05) is 18.1 Å². The Bertz CT molecular complexity index is 1250. The second kappa shape index (κ2) is 7.63. The maximum absolute atomic E-state index is 13.5. The standard InChI is InChI=1S/C23H18F2N4S/c24-23(25)8-9-28(16-23)14-18-11-19(13-26-12-18)29-22-4-2-1-3-20(22)21(27-29)6-5-17-7-10-30-15-17/h1-4,7,10-13,15H,8-9,14,16H2. The van der Waals surface area contributed by atoms with E-state index in [2.05, 4.69) is 16.8 Å². The fourth-order valence-electron chi connectivity index (χ4n) is 3.70. The molecule has 0 spiro atoms.